The lowest BCUT2D eigenvalue weighted by molar-refractivity contribution is 0.594. The lowest BCUT2D eigenvalue weighted by Gasteiger charge is -2.05. The third-order valence-electron chi connectivity index (χ3n) is 1.35. The van der Waals surface area contributed by atoms with Gasteiger partial charge >= 0.3 is 0 Å². The average Bonchev–Trinajstić information content (AvgIpc) is 1.88. The minimum Gasteiger partial charge on any atom is -0.228 e. The first-order valence-corrected chi connectivity index (χ1v) is 4.91. The molecule has 1 aliphatic carbocycles. The Morgan fingerprint density at radius 2 is 2.20 bits per heavy atom. The van der Waals surface area contributed by atoms with Crippen LogP contribution in [0.4, 0.5) is 0 Å². The monoisotopic (exact) mass is 156 g/mol. The van der Waals surface area contributed by atoms with Crippen LogP contribution in [0.15, 0.2) is 23.6 Å². The summed E-state index contributed by atoms with van der Waals surface area (Å²) < 4.78 is 21.7. The van der Waals surface area contributed by atoms with Crippen molar-refractivity contribution in [1.82, 2.24) is 0 Å². The van der Waals surface area contributed by atoms with Crippen molar-refractivity contribution in [2.24, 2.45) is 0 Å². The molecule has 1 aliphatic rings. The Labute approximate surface area is 60.5 Å². The van der Waals surface area contributed by atoms with Gasteiger partial charge in [-0.2, -0.15) is 0 Å². The molecule has 0 amide bonds. The van der Waals surface area contributed by atoms with Crippen LogP contribution in [0.25, 0.3) is 0 Å². The maximum atomic E-state index is 10.9. The van der Waals surface area contributed by atoms with Gasteiger partial charge in [-0.25, -0.2) is 8.42 Å². The summed E-state index contributed by atoms with van der Waals surface area (Å²) in [6.07, 6.45) is 4.99. The topological polar surface area (TPSA) is 34.1 Å². The molecule has 0 aliphatic heterocycles. The lowest BCUT2D eigenvalue weighted by Crippen LogP contribution is -2.16. The minimum atomic E-state index is -2.92. The highest BCUT2D eigenvalue weighted by Gasteiger charge is 2.16. The molecule has 3 heteroatoms. The van der Waals surface area contributed by atoms with E-state index in [1.807, 2.05) is 0 Å². The summed E-state index contributed by atoms with van der Waals surface area (Å²) in [5.41, 5.74) is 5.32. The zero-order valence-electron chi connectivity index (χ0n) is 5.66. The Balaban J connectivity index is 2.94. The molecule has 0 saturated carbocycles. The summed E-state index contributed by atoms with van der Waals surface area (Å²) in [7, 11) is -2.92. The van der Waals surface area contributed by atoms with E-state index in [0.29, 0.717) is 6.42 Å². The van der Waals surface area contributed by atoms with E-state index in [2.05, 4.69) is 11.5 Å². The van der Waals surface area contributed by atoms with Gasteiger partial charge in [0.25, 0.3) is 0 Å². The summed E-state index contributed by atoms with van der Waals surface area (Å²) in [4.78, 5) is 0. The van der Waals surface area contributed by atoms with Crippen LogP contribution < -0.4 is 0 Å². The smallest absolute Gasteiger partial charge is 0.154 e. The van der Waals surface area contributed by atoms with Gasteiger partial charge in [-0.3, -0.25) is 0 Å². The third-order valence-corrected chi connectivity index (χ3v) is 2.78. The summed E-state index contributed by atoms with van der Waals surface area (Å²) in [5, 5.41) is -0.381. The highest BCUT2D eigenvalue weighted by molar-refractivity contribution is 7.91. The second-order valence-electron chi connectivity index (χ2n) is 2.26. The standard InChI is InChI=1S/C7H8O2S/c1-10(8,9)7-5-3-2-4-6-7/h3,6-7H,5H2,1H3. The number of rotatable bonds is 1. The van der Waals surface area contributed by atoms with Gasteiger partial charge in [0.15, 0.2) is 9.84 Å². The van der Waals surface area contributed by atoms with E-state index in [-0.39, 0.29) is 5.25 Å². The summed E-state index contributed by atoms with van der Waals surface area (Å²) in [6.45, 7) is 0. The van der Waals surface area contributed by atoms with Gasteiger partial charge in [0.1, 0.15) is 0 Å². The van der Waals surface area contributed by atoms with Crippen molar-refractivity contribution in [1.29, 1.82) is 0 Å². The number of sulfone groups is 1. The van der Waals surface area contributed by atoms with Crippen LogP contribution in [-0.4, -0.2) is 19.9 Å². The highest BCUT2D eigenvalue weighted by Crippen LogP contribution is 2.08. The Kier molecular flexibility index (Phi) is 1.82. The number of allylic oxidation sites excluding steroid dienone is 1. The van der Waals surface area contributed by atoms with Gasteiger partial charge in [0.05, 0.1) is 5.25 Å². The van der Waals surface area contributed by atoms with E-state index in [1.54, 1.807) is 6.08 Å². The quantitative estimate of drug-likeness (QED) is 0.523. The predicted octanol–water partition coefficient (Wildman–Crippen LogP) is 0.670. The predicted molar refractivity (Wildman–Crippen MR) is 39.4 cm³/mol. The molecule has 0 bridgehead atoms. The molecule has 54 valence electrons. The van der Waals surface area contributed by atoms with Gasteiger partial charge < -0.3 is 0 Å². The van der Waals surface area contributed by atoms with Crippen LogP contribution >= 0.6 is 0 Å². The van der Waals surface area contributed by atoms with Crippen LogP contribution in [0.3, 0.4) is 0 Å². The normalized spacial score (nSPS) is 23.5. The fourth-order valence-electron chi connectivity index (χ4n) is 0.741. The van der Waals surface area contributed by atoms with Crippen LogP contribution in [0, 0.1) is 0 Å². The van der Waals surface area contributed by atoms with E-state index in [0.717, 1.165) is 0 Å². The molecule has 0 radical (unpaired) electrons. The number of hydrogen-bond donors (Lipinski definition) is 0. The summed E-state index contributed by atoms with van der Waals surface area (Å²) >= 11 is 0. The van der Waals surface area contributed by atoms with Crippen molar-refractivity contribution in [3.63, 3.8) is 0 Å². The lowest BCUT2D eigenvalue weighted by atomic mass is 10.2. The van der Waals surface area contributed by atoms with E-state index in [4.69, 9.17) is 0 Å². The molecule has 1 unspecified atom stereocenters. The molecule has 0 spiro atoms. The SMILES string of the molecule is CS(=O)(=O)C1C=C=C=CC1. The van der Waals surface area contributed by atoms with Crippen molar-refractivity contribution in [3.8, 4) is 0 Å². The highest BCUT2D eigenvalue weighted by atomic mass is 32.2. The molecule has 0 saturated heterocycles. The van der Waals surface area contributed by atoms with E-state index < -0.39 is 9.84 Å². The zero-order chi connectivity index (χ0) is 7.61. The van der Waals surface area contributed by atoms with E-state index >= 15 is 0 Å². The van der Waals surface area contributed by atoms with Gasteiger partial charge in [-0.05, 0) is 18.6 Å². The summed E-state index contributed by atoms with van der Waals surface area (Å²) in [5.74, 6) is 0. The molecule has 0 aromatic carbocycles. The molecule has 1 rings (SSSR count). The van der Waals surface area contributed by atoms with E-state index in [9.17, 15) is 8.42 Å². The Morgan fingerprint density at radius 1 is 1.50 bits per heavy atom. The molecule has 0 heterocycles. The third kappa shape index (κ3) is 1.61. The fraction of sp³-hybridized carbons (Fsp3) is 0.429. The molecule has 1 atom stereocenters. The largest absolute Gasteiger partial charge is 0.228 e. The molecular weight excluding hydrogens is 148 g/mol. The maximum Gasteiger partial charge on any atom is 0.154 e. The molecule has 0 fully saturated rings. The van der Waals surface area contributed by atoms with E-state index in [1.165, 1.54) is 12.3 Å². The first-order valence-electron chi connectivity index (χ1n) is 2.95. The van der Waals surface area contributed by atoms with Crippen molar-refractivity contribution in [2.75, 3.05) is 6.26 Å². The Hall–Kier alpha value is -0.750. The zero-order valence-corrected chi connectivity index (χ0v) is 6.48. The van der Waals surface area contributed by atoms with Crippen LogP contribution in [0.1, 0.15) is 6.42 Å². The first kappa shape index (κ1) is 7.36. The maximum absolute atomic E-state index is 10.9. The minimum absolute atomic E-state index is 0.381. The van der Waals surface area contributed by atoms with Gasteiger partial charge in [0, 0.05) is 6.26 Å². The number of hydrogen-bond acceptors (Lipinski definition) is 2. The van der Waals surface area contributed by atoms with Gasteiger partial charge in [-0.15, -0.1) is 0 Å². The van der Waals surface area contributed by atoms with Crippen molar-refractivity contribution in [3.05, 3.63) is 23.6 Å². The first-order chi connectivity index (χ1) is 4.61. The van der Waals surface area contributed by atoms with Crippen LogP contribution in [0.2, 0.25) is 0 Å². The molecule has 0 N–H and O–H groups in total. The average molecular weight is 156 g/mol. The van der Waals surface area contributed by atoms with Crippen LogP contribution in [-0.2, 0) is 9.84 Å². The molecule has 0 aromatic heterocycles. The molecular formula is C7H8O2S. The van der Waals surface area contributed by atoms with Gasteiger partial charge in [0.2, 0.25) is 0 Å². The van der Waals surface area contributed by atoms with Crippen molar-refractivity contribution in [2.45, 2.75) is 11.7 Å². The molecule has 2 nitrogen and oxygen atoms in total. The Bertz CT molecular complexity index is 312. The van der Waals surface area contributed by atoms with Gasteiger partial charge in [-0.1, -0.05) is 11.5 Å². The van der Waals surface area contributed by atoms with Crippen molar-refractivity contribution < 1.29 is 8.42 Å². The fourth-order valence-corrected chi connectivity index (χ4v) is 1.50. The van der Waals surface area contributed by atoms with Crippen LogP contribution in [0.5, 0.6) is 0 Å². The molecule has 0 aromatic rings. The second kappa shape index (κ2) is 2.47. The molecule has 10 heavy (non-hydrogen) atoms. The second-order valence-corrected chi connectivity index (χ2v) is 4.53. The van der Waals surface area contributed by atoms with Crippen molar-refractivity contribution >= 4 is 9.84 Å². The summed E-state index contributed by atoms with van der Waals surface area (Å²) in [6, 6.07) is 0. The Morgan fingerprint density at radius 3 is 2.50 bits per heavy atom.